The summed E-state index contributed by atoms with van der Waals surface area (Å²) in [6.45, 7) is 3.28. The molecule has 1 unspecified atom stereocenters. The highest BCUT2D eigenvalue weighted by molar-refractivity contribution is 14.0. The molecule has 0 saturated heterocycles. The molecule has 28 heavy (non-hydrogen) atoms. The van der Waals surface area contributed by atoms with Crippen molar-refractivity contribution in [2.24, 2.45) is 4.99 Å². The van der Waals surface area contributed by atoms with Crippen LogP contribution in [0.5, 0.6) is 5.75 Å². The standard InChI is InChI=1S/C21H29FN4O.HI/c1-15-6-7-17(20(12-15)27-5)13-24-21(23-2)25-14-19(26(3)4)16-8-10-18(22)11-9-16;/h6-12,19H,13-14H2,1-5H3,(H2,23,24,25);1H. The van der Waals surface area contributed by atoms with Gasteiger partial charge in [0, 0.05) is 25.7 Å². The smallest absolute Gasteiger partial charge is 0.191 e. The lowest BCUT2D eigenvalue weighted by atomic mass is 10.1. The van der Waals surface area contributed by atoms with E-state index >= 15 is 0 Å². The van der Waals surface area contributed by atoms with Crippen LogP contribution < -0.4 is 15.4 Å². The Bertz CT molecular complexity index is 766. The van der Waals surface area contributed by atoms with E-state index in [2.05, 4.69) is 32.7 Å². The number of benzene rings is 2. The SMILES string of the molecule is CN=C(NCc1ccc(C)cc1OC)NCC(c1ccc(F)cc1)N(C)C.I. The average molecular weight is 500 g/mol. The van der Waals surface area contributed by atoms with Crippen molar-refractivity contribution in [3.8, 4) is 5.75 Å². The first-order valence-electron chi connectivity index (χ1n) is 8.94. The van der Waals surface area contributed by atoms with Crippen LogP contribution in [0.3, 0.4) is 0 Å². The van der Waals surface area contributed by atoms with Gasteiger partial charge in [0.25, 0.3) is 0 Å². The Kier molecular flexibility index (Phi) is 10.2. The number of likely N-dealkylation sites (N-methyl/N-ethyl adjacent to an activating group) is 1. The summed E-state index contributed by atoms with van der Waals surface area (Å²) in [7, 11) is 7.42. The second-order valence-electron chi connectivity index (χ2n) is 6.65. The van der Waals surface area contributed by atoms with Crippen molar-refractivity contribution < 1.29 is 9.13 Å². The minimum Gasteiger partial charge on any atom is -0.496 e. The van der Waals surface area contributed by atoms with Crippen LogP contribution in [-0.2, 0) is 6.54 Å². The molecule has 7 heteroatoms. The summed E-state index contributed by atoms with van der Waals surface area (Å²) < 4.78 is 18.7. The molecule has 2 rings (SSSR count). The molecule has 0 fully saturated rings. The van der Waals surface area contributed by atoms with Crippen LogP contribution >= 0.6 is 24.0 Å². The number of aliphatic imine (C=N–C) groups is 1. The van der Waals surface area contributed by atoms with Gasteiger partial charge in [0.2, 0.25) is 0 Å². The summed E-state index contributed by atoms with van der Waals surface area (Å²) in [4.78, 5) is 6.38. The molecule has 0 amide bonds. The lowest BCUT2D eigenvalue weighted by Crippen LogP contribution is -2.41. The van der Waals surface area contributed by atoms with Gasteiger partial charge in [0.05, 0.1) is 13.2 Å². The van der Waals surface area contributed by atoms with Crippen LogP contribution in [0.25, 0.3) is 0 Å². The van der Waals surface area contributed by atoms with Gasteiger partial charge >= 0.3 is 0 Å². The number of halogens is 2. The molecule has 2 N–H and O–H groups in total. The van der Waals surface area contributed by atoms with E-state index in [1.807, 2.05) is 39.2 Å². The second-order valence-corrected chi connectivity index (χ2v) is 6.65. The minimum absolute atomic E-state index is 0. The van der Waals surface area contributed by atoms with Crippen molar-refractivity contribution in [1.82, 2.24) is 15.5 Å². The average Bonchev–Trinajstić information content (AvgIpc) is 2.66. The Hall–Kier alpha value is -1.87. The Labute approximate surface area is 184 Å². The van der Waals surface area contributed by atoms with E-state index in [1.54, 1.807) is 14.2 Å². The predicted molar refractivity (Wildman–Crippen MR) is 124 cm³/mol. The van der Waals surface area contributed by atoms with Crippen molar-refractivity contribution >= 4 is 29.9 Å². The second kappa shape index (κ2) is 11.9. The fourth-order valence-corrected chi connectivity index (χ4v) is 2.87. The van der Waals surface area contributed by atoms with Crippen molar-refractivity contribution in [2.45, 2.75) is 19.5 Å². The molecule has 0 radical (unpaired) electrons. The van der Waals surface area contributed by atoms with Crippen LogP contribution in [0.15, 0.2) is 47.5 Å². The highest BCUT2D eigenvalue weighted by Gasteiger charge is 2.15. The van der Waals surface area contributed by atoms with E-state index in [0.29, 0.717) is 19.0 Å². The van der Waals surface area contributed by atoms with E-state index in [4.69, 9.17) is 4.74 Å². The van der Waals surface area contributed by atoms with E-state index in [0.717, 1.165) is 22.4 Å². The molecule has 0 spiro atoms. The molecule has 0 saturated carbocycles. The van der Waals surface area contributed by atoms with E-state index in [9.17, 15) is 4.39 Å². The normalized spacial score (nSPS) is 12.3. The third-order valence-corrected chi connectivity index (χ3v) is 4.45. The van der Waals surface area contributed by atoms with Crippen LogP contribution in [-0.4, -0.2) is 45.7 Å². The number of ether oxygens (including phenoxy) is 1. The summed E-state index contributed by atoms with van der Waals surface area (Å²) >= 11 is 0. The fourth-order valence-electron chi connectivity index (χ4n) is 2.87. The highest BCUT2D eigenvalue weighted by Crippen LogP contribution is 2.20. The topological polar surface area (TPSA) is 48.9 Å². The Morgan fingerprint density at radius 1 is 1.14 bits per heavy atom. The summed E-state index contributed by atoms with van der Waals surface area (Å²) in [6.07, 6.45) is 0. The number of hydrogen-bond acceptors (Lipinski definition) is 3. The number of aryl methyl sites for hydroxylation is 1. The third kappa shape index (κ3) is 6.94. The van der Waals surface area contributed by atoms with E-state index < -0.39 is 0 Å². The van der Waals surface area contributed by atoms with Gasteiger partial charge in [-0.15, -0.1) is 24.0 Å². The quantitative estimate of drug-likeness (QED) is 0.346. The van der Waals surface area contributed by atoms with Crippen molar-refractivity contribution in [3.63, 3.8) is 0 Å². The Morgan fingerprint density at radius 2 is 1.82 bits per heavy atom. The molecule has 2 aromatic rings. The molecule has 5 nitrogen and oxygen atoms in total. The van der Waals surface area contributed by atoms with Crippen molar-refractivity contribution in [2.75, 3.05) is 34.8 Å². The van der Waals surface area contributed by atoms with Crippen LogP contribution in [0.4, 0.5) is 4.39 Å². The van der Waals surface area contributed by atoms with E-state index in [1.165, 1.54) is 12.1 Å². The van der Waals surface area contributed by atoms with Gasteiger partial charge in [0.15, 0.2) is 5.96 Å². The van der Waals surface area contributed by atoms with Gasteiger partial charge in [-0.2, -0.15) is 0 Å². The van der Waals surface area contributed by atoms with Gasteiger partial charge < -0.3 is 20.3 Å². The molecule has 0 aliphatic rings. The fraction of sp³-hybridized carbons (Fsp3) is 0.381. The van der Waals surface area contributed by atoms with Crippen LogP contribution in [0, 0.1) is 12.7 Å². The molecular formula is C21H30FIN4O. The summed E-state index contributed by atoms with van der Waals surface area (Å²) in [5.41, 5.74) is 3.27. The molecule has 0 heterocycles. The molecule has 0 aromatic heterocycles. The molecule has 1 atom stereocenters. The van der Waals surface area contributed by atoms with Crippen molar-refractivity contribution in [3.05, 3.63) is 65.0 Å². The minimum atomic E-state index is -0.228. The maximum atomic E-state index is 13.2. The lowest BCUT2D eigenvalue weighted by Gasteiger charge is -2.26. The molecule has 0 bridgehead atoms. The number of guanidine groups is 1. The number of hydrogen-bond donors (Lipinski definition) is 2. The molecule has 0 aliphatic heterocycles. The largest absolute Gasteiger partial charge is 0.496 e. The van der Waals surface area contributed by atoms with Gasteiger partial charge in [-0.05, 0) is 50.3 Å². The van der Waals surface area contributed by atoms with Gasteiger partial charge in [-0.1, -0.05) is 24.3 Å². The monoisotopic (exact) mass is 500 g/mol. The molecule has 154 valence electrons. The first kappa shape index (κ1) is 24.2. The third-order valence-electron chi connectivity index (χ3n) is 4.45. The molecular weight excluding hydrogens is 470 g/mol. The number of methoxy groups -OCH3 is 1. The first-order valence-corrected chi connectivity index (χ1v) is 8.94. The molecule has 2 aromatic carbocycles. The number of rotatable bonds is 7. The maximum Gasteiger partial charge on any atom is 0.191 e. The number of nitrogens with zero attached hydrogens (tertiary/aromatic N) is 2. The maximum absolute atomic E-state index is 13.2. The Balaban J connectivity index is 0.00000392. The summed E-state index contributed by atoms with van der Waals surface area (Å²) in [5.74, 6) is 1.33. The predicted octanol–water partition coefficient (Wildman–Crippen LogP) is 3.73. The van der Waals surface area contributed by atoms with E-state index in [-0.39, 0.29) is 35.8 Å². The van der Waals surface area contributed by atoms with Crippen molar-refractivity contribution in [1.29, 1.82) is 0 Å². The zero-order valence-electron chi connectivity index (χ0n) is 17.1. The first-order chi connectivity index (χ1) is 12.9. The lowest BCUT2D eigenvalue weighted by molar-refractivity contribution is 0.298. The summed E-state index contributed by atoms with van der Waals surface area (Å²) in [6, 6.07) is 12.8. The van der Waals surface area contributed by atoms with Crippen LogP contribution in [0.2, 0.25) is 0 Å². The Morgan fingerprint density at radius 3 is 2.39 bits per heavy atom. The summed E-state index contributed by atoms with van der Waals surface area (Å²) in [5, 5.41) is 6.66. The zero-order chi connectivity index (χ0) is 19.8. The zero-order valence-corrected chi connectivity index (χ0v) is 19.5. The number of nitrogens with one attached hydrogen (secondary N) is 2. The van der Waals surface area contributed by atoms with Gasteiger partial charge in [-0.3, -0.25) is 4.99 Å². The van der Waals surface area contributed by atoms with Gasteiger partial charge in [0.1, 0.15) is 11.6 Å². The van der Waals surface area contributed by atoms with Gasteiger partial charge in [-0.25, -0.2) is 4.39 Å². The highest BCUT2D eigenvalue weighted by atomic mass is 127. The molecule has 0 aliphatic carbocycles. The van der Waals surface area contributed by atoms with Crippen LogP contribution in [0.1, 0.15) is 22.7 Å².